The molecule has 9 heteroatoms. The molecule has 1 aromatic rings. The van der Waals surface area contributed by atoms with Crippen LogP contribution >= 0.6 is 0 Å². The molecule has 0 aliphatic carbocycles. The summed E-state index contributed by atoms with van der Waals surface area (Å²) in [5.74, 6) is 5.43. The second kappa shape index (κ2) is 17.6. The number of ether oxygens (including phenoxy) is 4. The molecule has 5 N–H and O–H groups in total. The van der Waals surface area contributed by atoms with E-state index in [0.29, 0.717) is 52.9 Å². The van der Waals surface area contributed by atoms with Gasteiger partial charge in [0.25, 0.3) is 0 Å². The van der Waals surface area contributed by atoms with Gasteiger partial charge in [-0.25, -0.2) is 5.84 Å². The standard InChI is InChI=1S/C22H41N5O4/c1-4-27(21-5-6-22(23)20(2)19-21)10-12-29-14-16-31-18-17-30-15-13-28-11-8-25-7-9-26(3)24/h5-7,9,19,25H,4,8,10-18,23-24H2,1-3H3/b9-7-. The number of nitrogens with one attached hydrogen (secondary N) is 1. The van der Waals surface area contributed by atoms with Gasteiger partial charge in [-0.2, -0.15) is 0 Å². The van der Waals surface area contributed by atoms with Crippen molar-refractivity contribution in [3.8, 4) is 0 Å². The molecule has 0 saturated heterocycles. The number of hydrazine groups is 1. The molecule has 0 radical (unpaired) electrons. The lowest BCUT2D eigenvalue weighted by molar-refractivity contribution is -0.000552. The lowest BCUT2D eigenvalue weighted by atomic mass is 10.1. The number of nitrogen functional groups attached to an aromatic ring is 1. The van der Waals surface area contributed by atoms with Gasteiger partial charge < -0.3 is 39.9 Å². The maximum Gasteiger partial charge on any atom is 0.0701 e. The second-order valence-electron chi connectivity index (χ2n) is 7.01. The number of benzene rings is 1. The SMILES string of the molecule is CCN(CCOCCOCCOCCOCCN/C=C\N(C)N)c1ccc(N)c(C)c1. The molecular weight excluding hydrogens is 398 g/mol. The number of rotatable bonds is 19. The average Bonchev–Trinajstić information content (AvgIpc) is 2.75. The van der Waals surface area contributed by atoms with Gasteiger partial charge in [-0.3, -0.25) is 0 Å². The zero-order valence-electron chi connectivity index (χ0n) is 19.3. The third-order valence-corrected chi connectivity index (χ3v) is 4.44. The van der Waals surface area contributed by atoms with Gasteiger partial charge >= 0.3 is 0 Å². The van der Waals surface area contributed by atoms with Crippen molar-refractivity contribution in [2.45, 2.75) is 13.8 Å². The smallest absolute Gasteiger partial charge is 0.0701 e. The van der Waals surface area contributed by atoms with Gasteiger partial charge in [-0.05, 0) is 37.6 Å². The predicted molar refractivity (Wildman–Crippen MR) is 126 cm³/mol. The van der Waals surface area contributed by atoms with Crippen LogP contribution in [0.4, 0.5) is 11.4 Å². The number of hydrogen-bond acceptors (Lipinski definition) is 9. The van der Waals surface area contributed by atoms with E-state index in [1.165, 1.54) is 10.7 Å². The lowest BCUT2D eigenvalue weighted by Crippen LogP contribution is -2.27. The molecule has 0 fully saturated rings. The minimum absolute atomic E-state index is 0.549. The van der Waals surface area contributed by atoms with Gasteiger partial charge in [0.1, 0.15) is 0 Å². The highest BCUT2D eigenvalue weighted by atomic mass is 16.6. The summed E-state index contributed by atoms with van der Waals surface area (Å²) in [4.78, 5) is 2.27. The Balaban J connectivity index is 1.89. The Kier molecular flexibility index (Phi) is 15.3. The van der Waals surface area contributed by atoms with Crippen molar-refractivity contribution in [2.75, 3.05) is 90.2 Å². The van der Waals surface area contributed by atoms with Crippen LogP contribution in [0, 0.1) is 6.92 Å². The fraction of sp³-hybridized carbons (Fsp3) is 0.636. The first kappa shape index (κ1) is 27.0. The first-order valence-corrected chi connectivity index (χ1v) is 10.8. The van der Waals surface area contributed by atoms with Crippen molar-refractivity contribution < 1.29 is 18.9 Å². The zero-order valence-corrected chi connectivity index (χ0v) is 19.3. The molecule has 178 valence electrons. The fourth-order valence-electron chi connectivity index (χ4n) is 2.65. The summed E-state index contributed by atoms with van der Waals surface area (Å²) in [6.07, 6.45) is 3.51. The number of aryl methyl sites for hydroxylation is 1. The highest BCUT2D eigenvalue weighted by Crippen LogP contribution is 2.20. The Morgan fingerprint density at radius 2 is 1.52 bits per heavy atom. The van der Waals surface area contributed by atoms with Crippen LogP contribution in [0.15, 0.2) is 30.6 Å². The van der Waals surface area contributed by atoms with Gasteiger partial charge in [0.2, 0.25) is 0 Å². The number of anilines is 2. The van der Waals surface area contributed by atoms with E-state index in [9.17, 15) is 0 Å². The van der Waals surface area contributed by atoms with E-state index >= 15 is 0 Å². The second-order valence-corrected chi connectivity index (χ2v) is 7.01. The van der Waals surface area contributed by atoms with Crippen LogP contribution in [0.2, 0.25) is 0 Å². The zero-order chi connectivity index (χ0) is 22.7. The average molecular weight is 440 g/mol. The van der Waals surface area contributed by atoms with E-state index in [1.54, 1.807) is 19.4 Å². The number of likely N-dealkylation sites (N-methyl/N-ethyl adjacent to an activating group) is 1. The first-order chi connectivity index (χ1) is 15.0. The Labute approximate surface area is 187 Å². The predicted octanol–water partition coefficient (Wildman–Crippen LogP) is 1.34. The Hall–Kier alpha value is -2.04. The van der Waals surface area contributed by atoms with Crippen molar-refractivity contribution in [3.63, 3.8) is 0 Å². The van der Waals surface area contributed by atoms with Crippen LogP contribution in [0.5, 0.6) is 0 Å². The molecule has 0 unspecified atom stereocenters. The number of nitrogens with two attached hydrogens (primary N) is 2. The minimum Gasteiger partial charge on any atom is -0.399 e. The summed E-state index contributed by atoms with van der Waals surface area (Å²) >= 11 is 0. The summed E-state index contributed by atoms with van der Waals surface area (Å²) in [6, 6.07) is 6.12. The van der Waals surface area contributed by atoms with Crippen molar-refractivity contribution in [2.24, 2.45) is 5.84 Å². The fourth-order valence-corrected chi connectivity index (χ4v) is 2.65. The van der Waals surface area contributed by atoms with E-state index < -0.39 is 0 Å². The van der Waals surface area contributed by atoms with Crippen molar-refractivity contribution in [1.82, 2.24) is 10.3 Å². The third kappa shape index (κ3) is 13.8. The topological polar surface area (TPSA) is 107 Å². The normalized spacial score (nSPS) is 11.2. The summed E-state index contributed by atoms with van der Waals surface area (Å²) in [5, 5.41) is 4.54. The lowest BCUT2D eigenvalue weighted by Gasteiger charge is -2.23. The maximum absolute atomic E-state index is 5.90. The molecule has 0 aliphatic heterocycles. The quantitative estimate of drug-likeness (QED) is 0.127. The molecule has 31 heavy (non-hydrogen) atoms. The molecule has 1 rings (SSSR count). The minimum atomic E-state index is 0.549. The highest BCUT2D eigenvalue weighted by molar-refractivity contribution is 5.57. The van der Waals surface area contributed by atoms with Crippen molar-refractivity contribution in [1.29, 1.82) is 0 Å². The van der Waals surface area contributed by atoms with Crippen LogP contribution in [-0.2, 0) is 18.9 Å². The number of hydrogen-bond donors (Lipinski definition) is 3. The van der Waals surface area contributed by atoms with Gasteiger partial charge in [-0.1, -0.05) is 0 Å². The summed E-state index contributed by atoms with van der Waals surface area (Å²) in [5.41, 5.74) is 8.99. The van der Waals surface area contributed by atoms with Crippen LogP contribution in [0.25, 0.3) is 0 Å². The Morgan fingerprint density at radius 3 is 2.06 bits per heavy atom. The van der Waals surface area contributed by atoms with Gasteiger partial charge in [0, 0.05) is 50.5 Å². The van der Waals surface area contributed by atoms with Crippen molar-refractivity contribution in [3.05, 3.63) is 36.2 Å². The molecule has 0 amide bonds. The van der Waals surface area contributed by atoms with E-state index in [0.717, 1.165) is 30.9 Å². The van der Waals surface area contributed by atoms with Crippen LogP contribution < -0.4 is 21.8 Å². The van der Waals surface area contributed by atoms with Crippen LogP contribution in [0.3, 0.4) is 0 Å². The maximum atomic E-state index is 5.90. The summed E-state index contributed by atoms with van der Waals surface area (Å²) < 4.78 is 22.1. The first-order valence-electron chi connectivity index (χ1n) is 10.8. The highest BCUT2D eigenvalue weighted by Gasteiger charge is 2.05. The van der Waals surface area contributed by atoms with Crippen LogP contribution in [0.1, 0.15) is 12.5 Å². The van der Waals surface area contributed by atoms with Crippen LogP contribution in [-0.4, -0.2) is 84.5 Å². The molecule has 1 aromatic carbocycles. The monoisotopic (exact) mass is 439 g/mol. The summed E-state index contributed by atoms with van der Waals surface area (Å²) in [6.45, 7) is 11.3. The molecule has 0 atom stereocenters. The van der Waals surface area contributed by atoms with Crippen molar-refractivity contribution >= 4 is 11.4 Å². The molecule has 0 saturated carbocycles. The molecule has 0 aromatic heterocycles. The Morgan fingerprint density at radius 1 is 0.935 bits per heavy atom. The molecule has 0 heterocycles. The van der Waals surface area contributed by atoms with Gasteiger partial charge in [0.05, 0.1) is 52.9 Å². The van der Waals surface area contributed by atoms with E-state index in [4.69, 9.17) is 30.5 Å². The van der Waals surface area contributed by atoms with E-state index in [1.807, 2.05) is 13.0 Å². The molecule has 0 aliphatic rings. The molecule has 0 bridgehead atoms. The van der Waals surface area contributed by atoms with E-state index in [-0.39, 0.29) is 0 Å². The van der Waals surface area contributed by atoms with Gasteiger partial charge in [0.15, 0.2) is 0 Å². The summed E-state index contributed by atoms with van der Waals surface area (Å²) in [7, 11) is 1.76. The molecule has 9 nitrogen and oxygen atoms in total. The molecular formula is C22H41N5O4. The molecule has 0 spiro atoms. The number of nitrogens with zero attached hydrogens (tertiary/aromatic N) is 2. The largest absolute Gasteiger partial charge is 0.399 e. The Bertz CT molecular complexity index is 601. The third-order valence-electron chi connectivity index (χ3n) is 4.44. The van der Waals surface area contributed by atoms with Gasteiger partial charge in [-0.15, -0.1) is 0 Å². The van der Waals surface area contributed by atoms with E-state index in [2.05, 4.69) is 29.3 Å².